The van der Waals surface area contributed by atoms with Crippen molar-refractivity contribution in [2.24, 2.45) is 0 Å². The molecule has 2 heterocycles. The highest BCUT2D eigenvalue weighted by Crippen LogP contribution is 2.22. The van der Waals surface area contributed by atoms with E-state index in [-0.39, 0.29) is 0 Å². The number of H-pyrrole nitrogens is 1. The number of imidazole rings is 1. The number of fused-ring (bicyclic) bond motifs is 3. The number of rotatable bonds is 3. The summed E-state index contributed by atoms with van der Waals surface area (Å²) in [6, 6.07) is 15.2. The van der Waals surface area contributed by atoms with Gasteiger partial charge in [0.05, 0.1) is 7.11 Å². The molecule has 114 valence electrons. The lowest BCUT2D eigenvalue weighted by atomic mass is 10.1. The highest BCUT2D eigenvalue weighted by atomic mass is 16.5. The van der Waals surface area contributed by atoms with Gasteiger partial charge in [-0.2, -0.15) is 0 Å². The molecule has 0 bridgehead atoms. The molecule has 4 aromatic rings. The van der Waals surface area contributed by atoms with Gasteiger partial charge in [0.25, 0.3) is 0 Å². The first-order valence-corrected chi connectivity index (χ1v) is 7.28. The van der Waals surface area contributed by atoms with Crippen LogP contribution in [0.3, 0.4) is 0 Å². The van der Waals surface area contributed by atoms with E-state index in [9.17, 15) is 4.79 Å². The number of hydrogen-bond acceptors (Lipinski definition) is 4. The molecule has 0 unspecified atom stereocenters. The van der Waals surface area contributed by atoms with Gasteiger partial charge in [-0.1, -0.05) is 24.3 Å². The third-order valence-electron chi connectivity index (χ3n) is 3.81. The summed E-state index contributed by atoms with van der Waals surface area (Å²) >= 11 is 0. The van der Waals surface area contributed by atoms with Gasteiger partial charge in [-0.05, 0) is 29.8 Å². The summed E-state index contributed by atoms with van der Waals surface area (Å²) in [6.45, 7) is 0. The Balaban J connectivity index is 1.84. The van der Waals surface area contributed by atoms with E-state index in [1.165, 1.54) is 0 Å². The summed E-state index contributed by atoms with van der Waals surface area (Å²) < 4.78 is 10.6. The van der Waals surface area contributed by atoms with Crippen LogP contribution in [-0.4, -0.2) is 17.1 Å². The Hall–Kier alpha value is -3.08. The largest absolute Gasteiger partial charge is 0.497 e. The number of benzene rings is 2. The monoisotopic (exact) mass is 306 g/mol. The highest BCUT2D eigenvalue weighted by molar-refractivity contribution is 6.00. The van der Waals surface area contributed by atoms with Gasteiger partial charge < -0.3 is 14.1 Å². The Morgan fingerprint density at radius 3 is 2.91 bits per heavy atom. The van der Waals surface area contributed by atoms with Gasteiger partial charge in [-0.3, -0.25) is 0 Å². The first kappa shape index (κ1) is 13.6. The fraction of sp³-hybridized carbons (Fsp3) is 0.111. The second kappa shape index (κ2) is 5.28. The maximum absolute atomic E-state index is 12.1. The number of aromatic amines is 1. The lowest BCUT2D eigenvalue weighted by Crippen LogP contribution is -1.99. The van der Waals surface area contributed by atoms with Crippen molar-refractivity contribution in [1.82, 2.24) is 9.97 Å². The van der Waals surface area contributed by atoms with Crippen molar-refractivity contribution in [2.45, 2.75) is 6.42 Å². The zero-order valence-electron chi connectivity index (χ0n) is 12.5. The fourth-order valence-electron chi connectivity index (χ4n) is 2.73. The molecule has 0 aliphatic heterocycles. The predicted octanol–water partition coefficient (Wildman–Crippen LogP) is 3.27. The van der Waals surface area contributed by atoms with Crippen molar-refractivity contribution >= 4 is 22.0 Å². The van der Waals surface area contributed by atoms with Crippen molar-refractivity contribution in [3.63, 3.8) is 0 Å². The molecule has 0 fully saturated rings. The van der Waals surface area contributed by atoms with Gasteiger partial charge in [0.15, 0.2) is 5.52 Å². The first-order chi connectivity index (χ1) is 11.2. The van der Waals surface area contributed by atoms with E-state index in [0.717, 1.165) is 22.5 Å². The van der Waals surface area contributed by atoms with Crippen molar-refractivity contribution in [2.75, 3.05) is 7.11 Å². The number of para-hydroxylation sites is 1. The Labute approximate surface area is 131 Å². The van der Waals surface area contributed by atoms with E-state index in [1.54, 1.807) is 13.2 Å². The number of nitrogens with one attached hydrogen (secondary N) is 1. The number of aromatic nitrogens is 2. The zero-order valence-corrected chi connectivity index (χ0v) is 12.5. The molecule has 2 aromatic carbocycles. The maximum atomic E-state index is 12.1. The lowest BCUT2D eigenvalue weighted by molar-refractivity contribution is 0.414. The Morgan fingerprint density at radius 2 is 2.04 bits per heavy atom. The first-order valence-electron chi connectivity index (χ1n) is 7.28. The molecule has 0 saturated heterocycles. The molecule has 0 radical (unpaired) electrons. The molecule has 5 heteroatoms. The number of hydrogen-bond donors (Lipinski definition) is 1. The van der Waals surface area contributed by atoms with E-state index < -0.39 is 5.63 Å². The van der Waals surface area contributed by atoms with Gasteiger partial charge in [0.1, 0.15) is 22.7 Å². The quantitative estimate of drug-likeness (QED) is 0.590. The van der Waals surface area contributed by atoms with Crippen LogP contribution in [0.4, 0.5) is 0 Å². The smallest absolute Gasteiger partial charge is 0.362 e. The van der Waals surface area contributed by atoms with Gasteiger partial charge in [0.2, 0.25) is 0 Å². The molecule has 0 saturated carbocycles. The van der Waals surface area contributed by atoms with E-state index >= 15 is 0 Å². The summed E-state index contributed by atoms with van der Waals surface area (Å²) in [4.78, 5) is 19.8. The van der Waals surface area contributed by atoms with Crippen molar-refractivity contribution in [1.29, 1.82) is 0 Å². The van der Waals surface area contributed by atoms with Crippen LogP contribution in [0.2, 0.25) is 0 Å². The van der Waals surface area contributed by atoms with Crippen LogP contribution in [0, 0.1) is 0 Å². The summed E-state index contributed by atoms with van der Waals surface area (Å²) in [6.07, 6.45) is 0.583. The van der Waals surface area contributed by atoms with E-state index in [1.807, 2.05) is 42.5 Å². The predicted molar refractivity (Wildman–Crippen MR) is 87.9 cm³/mol. The van der Waals surface area contributed by atoms with Crippen molar-refractivity contribution < 1.29 is 9.15 Å². The molecular weight excluding hydrogens is 292 g/mol. The molecule has 4 rings (SSSR count). The van der Waals surface area contributed by atoms with Gasteiger partial charge in [-0.15, -0.1) is 0 Å². The minimum atomic E-state index is -0.400. The molecule has 5 nitrogen and oxygen atoms in total. The van der Waals surface area contributed by atoms with Crippen LogP contribution in [0.1, 0.15) is 11.4 Å². The molecule has 0 aliphatic rings. The van der Waals surface area contributed by atoms with Crippen LogP contribution in [0.15, 0.2) is 57.7 Å². The second-order valence-electron chi connectivity index (χ2n) is 5.32. The molecule has 2 aromatic heterocycles. The SMILES string of the molecule is COc1cccc(Cc2nc3c([nH]2)c(=O)oc2ccccc23)c1. The van der Waals surface area contributed by atoms with Gasteiger partial charge in [0, 0.05) is 11.8 Å². The molecule has 0 atom stereocenters. The molecular formula is C18H14N2O3. The summed E-state index contributed by atoms with van der Waals surface area (Å²) in [7, 11) is 1.64. The average molecular weight is 306 g/mol. The Bertz CT molecular complexity index is 1060. The van der Waals surface area contributed by atoms with E-state index in [0.29, 0.717) is 23.0 Å². The normalized spacial score (nSPS) is 11.2. The van der Waals surface area contributed by atoms with Crippen LogP contribution in [0.25, 0.3) is 22.0 Å². The summed E-state index contributed by atoms with van der Waals surface area (Å²) in [5.74, 6) is 1.51. The standard InChI is InChI=1S/C18H14N2O3/c1-22-12-6-4-5-11(9-12)10-15-19-16-13-7-2-3-8-14(13)23-18(21)17(16)20-15/h2-9H,10H2,1H3,(H,19,20). The number of ether oxygens (including phenoxy) is 1. The van der Waals surface area contributed by atoms with Gasteiger partial charge in [-0.25, -0.2) is 9.78 Å². The minimum Gasteiger partial charge on any atom is -0.497 e. The maximum Gasteiger partial charge on any atom is 0.362 e. The van der Waals surface area contributed by atoms with Crippen molar-refractivity contribution in [3.05, 3.63) is 70.3 Å². The van der Waals surface area contributed by atoms with Crippen molar-refractivity contribution in [3.8, 4) is 5.75 Å². The Kier molecular flexibility index (Phi) is 3.12. The molecule has 0 aliphatic carbocycles. The van der Waals surface area contributed by atoms with Crippen LogP contribution in [0.5, 0.6) is 5.75 Å². The molecule has 23 heavy (non-hydrogen) atoms. The third kappa shape index (κ3) is 2.36. The molecule has 0 spiro atoms. The van der Waals surface area contributed by atoms with E-state index in [2.05, 4.69) is 9.97 Å². The number of methoxy groups -OCH3 is 1. The summed E-state index contributed by atoms with van der Waals surface area (Å²) in [5, 5.41) is 0.829. The second-order valence-corrected chi connectivity index (χ2v) is 5.32. The minimum absolute atomic E-state index is 0.400. The third-order valence-corrected chi connectivity index (χ3v) is 3.81. The lowest BCUT2D eigenvalue weighted by Gasteiger charge is -2.02. The van der Waals surface area contributed by atoms with Crippen LogP contribution >= 0.6 is 0 Å². The zero-order chi connectivity index (χ0) is 15.8. The summed E-state index contributed by atoms with van der Waals surface area (Å²) in [5.41, 5.74) is 2.25. The Morgan fingerprint density at radius 1 is 1.17 bits per heavy atom. The topological polar surface area (TPSA) is 68.1 Å². The van der Waals surface area contributed by atoms with E-state index in [4.69, 9.17) is 9.15 Å². The fourth-order valence-corrected chi connectivity index (χ4v) is 2.73. The number of nitrogens with zero attached hydrogens (tertiary/aromatic N) is 1. The highest BCUT2D eigenvalue weighted by Gasteiger charge is 2.12. The van der Waals surface area contributed by atoms with Gasteiger partial charge >= 0.3 is 5.63 Å². The average Bonchev–Trinajstić information content (AvgIpc) is 3.00. The molecule has 0 amide bonds. The van der Waals surface area contributed by atoms with Crippen LogP contribution in [-0.2, 0) is 6.42 Å². The van der Waals surface area contributed by atoms with Crippen LogP contribution < -0.4 is 10.4 Å². The molecule has 1 N–H and O–H groups in total.